The van der Waals surface area contributed by atoms with E-state index < -0.39 is 11.8 Å². The maximum atomic E-state index is 10.7. The molecule has 0 atom stereocenters. The van der Waals surface area contributed by atoms with E-state index in [-0.39, 0.29) is 5.89 Å². The number of carboxylic acid groups (broad SMARTS) is 1. The molecular formula is C11H10N2O5. The minimum absolute atomic E-state index is 0.0294. The predicted octanol–water partition coefficient (Wildman–Crippen LogP) is 1.45. The quantitative estimate of drug-likeness (QED) is 0.877. The monoisotopic (exact) mass is 250 g/mol. The first-order chi connectivity index (χ1) is 8.67. The van der Waals surface area contributed by atoms with E-state index in [9.17, 15) is 4.79 Å². The van der Waals surface area contributed by atoms with Crippen molar-refractivity contribution in [1.29, 1.82) is 0 Å². The highest BCUT2D eigenvalue weighted by atomic mass is 16.5. The summed E-state index contributed by atoms with van der Waals surface area (Å²) >= 11 is 0. The van der Waals surface area contributed by atoms with Gasteiger partial charge in [0.25, 0.3) is 11.7 Å². The van der Waals surface area contributed by atoms with Crippen LogP contribution < -0.4 is 9.47 Å². The number of carboxylic acids is 1. The van der Waals surface area contributed by atoms with E-state index in [1.165, 1.54) is 14.2 Å². The Morgan fingerprint density at radius 1 is 1.28 bits per heavy atom. The molecule has 0 bridgehead atoms. The maximum absolute atomic E-state index is 10.7. The molecule has 18 heavy (non-hydrogen) atoms. The van der Waals surface area contributed by atoms with Gasteiger partial charge in [-0.15, -0.1) is 0 Å². The maximum Gasteiger partial charge on any atom is 0.377 e. The summed E-state index contributed by atoms with van der Waals surface area (Å²) in [5, 5.41) is 12.1. The van der Waals surface area contributed by atoms with Gasteiger partial charge in [0.1, 0.15) is 17.1 Å². The van der Waals surface area contributed by atoms with Crippen LogP contribution in [0.2, 0.25) is 0 Å². The first kappa shape index (κ1) is 11.9. The fraction of sp³-hybridized carbons (Fsp3) is 0.182. The van der Waals surface area contributed by atoms with Crippen LogP contribution in [0.15, 0.2) is 22.7 Å². The van der Waals surface area contributed by atoms with Gasteiger partial charge < -0.3 is 19.1 Å². The van der Waals surface area contributed by atoms with Crippen LogP contribution in [0.1, 0.15) is 10.6 Å². The zero-order valence-electron chi connectivity index (χ0n) is 9.71. The highest BCUT2D eigenvalue weighted by molar-refractivity contribution is 5.84. The zero-order valence-corrected chi connectivity index (χ0v) is 9.71. The Balaban J connectivity index is 2.57. The molecule has 94 valence electrons. The van der Waals surface area contributed by atoms with Gasteiger partial charge in [0.2, 0.25) is 0 Å². The third-order valence-electron chi connectivity index (χ3n) is 2.26. The lowest BCUT2D eigenvalue weighted by atomic mass is 10.1. The minimum Gasteiger partial charge on any atom is -0.496 e. The highest BCUT2D eigenvalue weighted by Gasteiger charge is 2.21. The lowest BCUT2D eigenvalue weighted by molar-refractivity contribution is 0.0680. The Labute approximate surface area is 102 Å². The zero-order chi connectivity index (χ0) is 13.1. The summed E-state index contributed by atoms with van der Waals surface area (Å²) in [5.74, 6) is -0.747. The SMILES string of the molecule is COc1cccc(OC)c1-c1nc(C(=O)O)no1. The Hall–Kier alpha value is -2.57. The highest BCUT2D eigenvalue weighted by Crippen LogP contribution is 2.36. The molecule has 0 aliphatic rings. The van der Waals surface area contributed by atoms with Crippen LogP contribution in [0, 0.1) is 0 Å². The Bertz CT molecular complexity index is 556. The lowest BCUT2D eigenvalue weighted by Crippen LogP contribution is -1.98. The molecule has 1 N–H and O–H groups in total. The largest absolute Gasteiger partial charge is 0.496 e. The summed E-state index contributed by atoms with van der Waals surface area (Å²) in [4.78, 5) is 14.5. The lowest BCUT2D eigenvalue weighted by Gasteiger charge is -2.08. The fourth-order valence-corrected chi connectivity index (χ4v) is 1.47. The molecule has 0 radical (unpaired) electrons. The van der Waals surface area contributed by atoms with Gasteiger partial charge in [-0.3, -0.25) is 0 Å². The second-order valence-electron chi connectivity index (χ2n) is 3.27. The average Bonchev–Trinajstić information content (AvgIpc) is 2.87. The molecule has 2 aromatic rings. The molecule has 1 aromatic heterocycles. The number of aromatic carboxylic acids is 1. The first-order valence-electron chi connectivity index (χ1n) is 4.95. The summed E-state index contributed by atoms with van der Waals surface area (Å²) in [6, 6.07) is 5.10. The van der Waals surface area contributed by atoms with E-state index >= 15 is 0 Å². The number of ether oxygens (including phenoxy) is 2. The fourth-order valence-electron chi connectivity index (χ4n) is 1.47. The molecule has 1 aromatic carbocycles. The third kappa shape index (κ3) is 1.97. The molecule has 0 aliphatic heterocycles. The van der Waals surface area contributed by atoms with Crippen molar-refractivity contribution in [3.63, 3.8) is 0 Å². The van der Waals surface area contributed by atoms with E-state index in [1.54, 1.807) is 18.2 Å². The number of hydrogen-bond acceptors (Lipinski definition) is 6. The smallest absolute Gasteiger partial charge is 0.377 e. The summed E-state index contributed by atoms with van der Waals surface area (Å²) < 4.78 is 15.2. The third-order valence-corrected chi connectivity index (χ3v) is 2.26. The Kier molecular flexibility index (Phi) is 3.13. The molecule has 0 saturated carbocycles. The van der Waals surface area contributed by atoms with Crippen LogP contribution in [-0.2, 0) is 0 Å². The van der Waals surface area contributed by atoms with Gasteiger partial charge >= 0.3 is 5.97 Å². The summed E-state index contributed by atoms with van der Waals surface area (Å²) in [5.41, 5.74) is 0.419. The summed E-state index contributed by atoms with van der Waals surface area (Å²) in [7, 11) is 2.96. The van der Waals surface area contributed by atoms with E-state index in [4.69, 9.17) is 19.1 Å². The number of rotatable bonds is 4. The molecule has 7 nitrogen and oxygen atoms in total. The van der Waals surface area contributed by atoms with Crippen molar-refractivity contribution in [2.75, 3.05) is 14.2 Å². The molecule has 0 fully saturated rings. The molecule has 0 spiro atoms. The van der Waals surface area contributed by atoms with Crippen molar-refractivity contribution in [3.05, 3.63) is 24.0 Å². The van der Waals surface area contributed by atoms with Crippen LogP contribution in [0.4, 0.5) is 0 Å². The minimum atomic E-state index is -1.26. The molecule has 7 heteroatoms. The van der Waals surface area contributed by atoms with Crippen molar-refractivity contribution in [3.8, 4) is 23.0 Å². The predicted molar refractivity (Wildman–Crippen MR) is 59.8 cm³/mol. The van der Waals surface area contributed by atoms with E-state index in [0.29, 0.717) is 17.1 Å². The van der Waals surface area contributed by atoms with Gasteiger partial charge in [0.05, 0.1) is 14.2 Å². The van der Waals surface area contributed by atoms with Gasteiger partial charge in [-0.2, -0.15) is 4.98 Å². The van der Waals surface area contributed by atoms with Crippen LogP contribution >= 0.6 is 0 Å². The Morgan fingerprint density at radius 2 is 1.89 bits per heavy atom. The summed E-state index contributed by atoms with van der Waals surface area (Å²) in [6.07, 6.45) is 0. The second-order valence-corrected chi connectivity index (χ2v) is 3.27. The first-order valence-corrected chi connectivity index (χ1v) is 4.95. The van der Waals surface area contributed by atoms with Gasteiger partial charge in [-0.1, -0.05) is 6.07 Å². The molecule has 2 rings (SSSR count). The van der Waals surface area contributed by atoms with Crippen LogP contribution in [0.3, 0.4) is 0 Å². The second kappa shape index (κ2) is 4.74. The number of nitrogens with zero attached hydrogens (tertiary/aromatic N) is 2. The number of hydrogen-bond donors (Lipinski definition) is 1. The number of benzene rings is 1. The number of carbonyl (C=O) groups is 1. The molecule has 0 saturated heterocycles. The molecule has 0 aliphatic carbocycles. The van der Waals surface area contributed by atoms with Crippen LogP contribution in [0.25, 0.3) is 11.5 Å². The Morgan fingerprint density at radius 3 is 2.33 bits per heavy atom. The van der Waals surface area contributed by atoms with Gasteiger partial charge in [-0.25, -0.2) is 4.79 Å². The summed E-state index contributed by atoms with van der Waals surface area (Å²) in [6.45, 7) is 0. The standard InChI is InChI=1S/C11H10N2O5/c1-16-6-4-3-5-7(17-2)8(6)10-12-9(11(14)15)13-18-10/h3-5H,1-2H3,(H,14,15). The molecule has 0 amide bonds. The van der Waals surface area contributed by atoms with Crippen LogP contribution in [-0.4, -0.2) is 35.4 Å². The van der Waals surface area contributed by atoms with E-state index in [0.717, 1.165) is 0 Å². The topological polar surface area (TPSA) is 94.7 Å². The van der Waals surface area contributed by atoms with Gasteiger partial charge in [0.15, 0.2) is 0 Å². The van der Waals surface area contributed by atoms with Crippen molar-refractivity contribution in [2.45, 2.75) is 0 Å². The molecule has 0 unspecified atom stereocenters. The molecule has 1 heterocycles. The molecular weight excluding hydrogens is 240 g/mol. The number of methoxy groups -OCH3 is 2. The van der Waals surface area contributed by atoms with E-state index in [1.807, 2.05) is 0 Å². The number of aromatic nitrogens is 2. The van der Waals surface area contributed by atoms with E-state index in [2.05, 4.69) is 10.1 Å². The van der Waals surface area contributed by atoms with Crippen molar-refractivity contribution < 1.29 is 23.9 Å². The van der Waals surface area contributed by atoms with Crippen molar-refractivity contribution >= 4 is 5.97 Å². The van der Waals surface area contributed by atoms with Crippen molar-refractivity contribution in [1.82, 2.24) is 10.1 Å². The van der Waals surface area contributed by atoms with Gasteiger partial charge in [-0.05, 0) is 17.3 Å². The van der Waals surface area contributed by atoms with Crippen molar-refractivity contribution in [2.24, 2.45) is 0 Å². The average molecular weight is 250 g/mol. The van der Waals surface area contributed by atoms with Crippen LogP contribution in [0.5, 0.6) is 11.5 Å². The normalized spacial score (nSPS) is 10.1. The van der Waals surface area contributed by atoms with Gasteiger partial charge in [0, 0.05) is 0 Å².